The number of hydrogen-bond acceptors (Lipinski definition) is 6. The number of amides is 1. The monoisotopic (exact) mass is 384 g/mol. The average Bonchev–Trinajstić information content (AvgIpc) is 2.61. The molecule has 0 bridgehead atoms. The van der Waals surface area contributed by atoms with Gasteiger partial charge in [-0.15, -0.1) is 0 Å². The van der Waals surface area contributed by atoms with Gasteiger partial charge in [0.2, 0.25) is 5.95 Å². The first-order chi connectivity index (χ1) is 13.3. The second kappa shape index (κ2) is 8.43. The molecule has 1 heterocycles. The molecule has 150 valence electrons. The highest BCUT2D eigenvalue weighted by Crippen LogP contribution is 2.25. The lowest BCUT2D eigenvalue weighted by Crippen LogP contribution is -2.46. The maximum absolute atomic E-state index is 12.5. The van der Waals surface area contributed by atoms with E-state index in [1.807, 2.05) is 31.2 Å². The highest BCUT2D eigenvalue weighted by Gasteiger charge is 2.27. The lowest BCUT2D eigenvalue weighted by molar-refractivity contribution is 0.0999. The third-order valence-electron chi connectivity index (χ3n) is 5.16. The molecule has 1 amide bonds. The van der Waals surface area contributed by atoms with Crippen LogP contribution in [0.3, 0.4) is 0 Å². The Bertz CT molecular complexity index is 908. The summed E-state index contributed by atoms with van der Waals surface area (Å²) in [6.45, 7) is 1.96. The number of nitrogens with one attached hydrogen (secondary N) is 3. The summed E-state index contributed by atoms with van der Waals surface area (Å²) in [5.41, 5.74) is 6.47. The number of H-pyrrole nitrogens is 1. The van der Waals surface area contributed by atoms with Gasteiger partial charge in [-0.3, -0.25) is 14.6 Å². The molecule has 8 nitrogen and oxygen atoms in total. The smallest absolute Gasteiger partial charge is 0.267 e. The first kappa shape index (κ1) is 19.9. The number of benzene rings is 1. The van der Waals surface area contributed by atoms with Crippen LogP contribution in [0, 0.1) is 6.92 Å². The fourth-order valence-corrected chi connectivity index (χ4v) is 3.79. The van der Waals surface area contributed by atoms with E-state index in [0.29, 0.717) is 12.0 Å². The van der Waals surface area contributed by atoms with Gasteiger partial charge in [-0.05, 0) is 51.6 Å². The van der Waals surface area contributed by atoms with Crippen LogP contribution in [0.15, 0.2) is 29.1 Å². The van der Waals surface area contributed by atoms with Gasteiger partial charge in [0.1, 0.15) is 5.56 Å². The molecule has 28 heavy (non-hydrogen) atoms. The van der Waals surface area contributed by atoms with Gasteiger partial charge in [0.05, 0.1) is 0 Å². The Hall–Kier alpha value is -2.87. The zero-order valence-electron chi connectivity index (χ0n) is 16.6. The molecular weight excluding hydrogens is 356 g/mol. The first-order valence-corrected chi connectivity index (χ1v) is 9.56. The molecule has 1 fully saturated rings. The number of carbonyl (C=O) groups excluding carboxylic acids is 1. The summed E-state index contributed by atoms with van der Waals surface area (Å²) in [6.07, 6.45) is 4.39. The predicted octanol–water partition coefficient (Wildman–Crippen LogP) is 2.21. The number of nitrogens with zero attached hydrogens (tertiary/aromatic N) is 2. The van der Waals surface area contributed by atoms with Gasteiger partial charge >= 0.3 is 0 Å². The third kappa shape index (κ3) is 4.51. The summed E-state index contributed by atoms with van der Waals surface area (Å²) < 4.78 is 0. The van der Waals surface area contributed by atoms with Crippen LogP contribution < -0.4 is 21.9 Å². The normalized spacial score (nSPS) is 19.4. The van der Waals surface area contributed by atoms with Crippen molar-refractivity contribution < 1.29 is 4.79 Å². The van der Waals surface area contributed by atoms with E-state index in [0.717, 1.165) is 30.5 Å². The van der Waals surface area contributed by atoms with Crippen LogP contribution >= 0.6 is 0 Å². The molecule has 0 spiro atoms. The van der Waals surface area contributed by atoms with Crippen molar-refractivity contribution in [3.05, 3.63) is 45.7 Å². The number of carbonyl (C=O) groups is 1. The zero-order valence-corrected chi connectivity index (χ0v) is 16.6. The van der Waals surface area contributed by atoms with Gasteiger partial charge in [0.15, 0.2) is 5.82 Å². The van der Waals surface area contributed by atoms with Gasteiger partial charge in [-0.25, -0.2) is 0 Å². The molecule has 8 heteroatoms. The lowest BCUT2D eigenvalue weighted by Gasteiger charge is -2.36. The fraction of sp³-hybridized carbons (Fsp3) is 0.450. The number of hydrogen-bond donors (Lipinski definition) is 4. The van der Waals surface area contributed by atoms with Gasteiger partial charge < -0.3 is 21.3 Å². The molecule has 5 N–H and O–H groups in total. The molecular formula is C20H28N6O2. The maximum Gasteiger partial charge on any atom is 0.267 e. The van der Waals surface area contributed by atoms with E-state index in [9.17, 15) is 9.59 Å². The molecule has 1 aromatic carbocycles. The van der Waals surface area contributed by atoms with Crippen molar-refractivity contribution in [2.75, 3.05) is 24.7 Å². The van der Waals surface area contributed by atoms with E-state index in [1.165, 1.54) is 6.42 Å². The summed E-state index contributed by atoms with van der Waals surface area (Å²) >= 11 is 0. The Morgan fingerprint density at radius 1 is 1.29 bits per heavy atom. The Balaban J connectivity index is 1.93. The van der Waals surface area contributed by atoms with E-state index in [2.05, 4.69) is 39.6 Å². The SMILES string of the molecule is Cc1cccc(Nc2nc(N[C@@H]3CCCC[C@H]3N(C)C)[nH]c(=O)c2C(N)=O)c1. The second-order valence-corrected chi connectivity index (χ2v) is 7.56. The lowest BCUT2D eigenvalue weighted by atomic mass is 9.89. The van der Waals surface area contributed by atoms with Crippen LogP contribution in [-0.4, -0.2) is 47.0 Å². The Morgan fingerprint density at radius 3 is 2.71 bits per heavy atom. The minimum atomic E-state index is -0.820. The van der Waals surface area contributed by atoms with Crippen LogP contribution in [0.4, 0.5) is 17.5 Å². The zero-order chi connectivity index (χ0) is 20.3. The summed E-state index contributed by atoms with van der Waals surface area (Å²) in [5, 5.41) is 6.42. The Morgan fingerprint density at radius 2 is 2.04 bits per heavy atom. The quantitative estimate of drug-likeness (QED) is 0.607. The number of nitrogens with two attached hydrogens (primary N) is 1. The van der Waals surface area contributed by atoms with Gasteiger partial charge in [0.25, 0.3) is 11.5 Å². The molecule has 1 saturated carbocycles. The predicted molar refractivity (Wildman–Crippen MR) is 111 cm³/mol. The van der Waals surface area contributed by atoms with E-state index in [4.69, 9.17) is 5.73 Å². The van der Waals surface area contributed by atoms with Crippen LogP contribution in [0.25, 0.3) is 0 Å². The number of aromatic amines is 1. The highest BCUT2D eigenvalue weighted by molar-refractivity contribution is 5.98. The van der Waals surface area contributed by atoms with Crippen molar-refractivity contribution in [3.63, 3.8) is 0 Å². The van der Waals surface area contributed by atoms with Crippen molar-refractivity contribution in [1.29, 1.82) is 0 Å². The van der Waals surface area contributed by atoms with Gasteiger partial charge in [0, 0.05) is 17.8 Å². The topological polar surface area (TPSA) is 116 Å². The molecule has 1 aromatic heterocycles. The minimum absolute atomic E-state index is 0.154. The summed E-state index contributed by atoms with van der Waals surface area (Å²) in [5.74, 6) is -0.329. The highest BCUT2D eigenvalue weighted by atomic mass is 16.2. The molecule has 0 aliphatic heterocycles. The number of aryl methyl sites for hydroxylation is 1. The van der Waals surface area contributed by atoms with Crippen LogP contribution in [-0.2, 0) is 0 Å². The minimum Gasteiger partial charge on any atom is -0.365 e. The molecule has 1 aliphatic rings. The van der Waals surface area contributed by atoms with E-state index in [-0.39, 0.29) is 17.4 Å². The average molecular weight is 384 g/mol. The number of anilines is 3. The standard InChI is InChI=1S/C20H28N6O2/c1-12-7-6-8-13(11-12)22-18-16(17(21)27)19(28)25-20(24-18)23-14-9-4-5-10-15(14)26(2)3/h6-8,11,14-15H,4-5,9-10H2,1-3H3,(H2,21,27)(H3,22,23,24,25,28)/t14-,15-/m1/s1. The molecule has 2 aromatic rings. The summed E-state index contributed by atoms with van der Waals surface area (Å²) in [7, 11) is 4.11. The number of likely N-dealkylation sites (N-methyl/N-ethyl adjacent to an activating group) is 1. The van der Waals surface area contributed by atoms with Gasteiger partial charge in [-0.2, -0.15) is 4.98 Å². The molecule has 3 rings (SSSR count). The molecule has 0 radical (unpaired) electrons. The van der Waals surface area contributed by atoms with E-state index in [1.54, 1.807) is 0 Å². The molecule has 2 atom stereocenters. The van der Waals surface area contributed by atoms with Crippen molar-refractivity contribution in [2.24, 2.45) is 5.73 Å². The van der Waals surface area contributed by atoms with Crippen LogP contribution in [0.1, 0.15) is 41.6 Å². The maximum atomic E-state index is 12.5. The van der Waals surface area contributed by atoms with Crippen molar-refractivity contribution in [1.82, 2.24) is 14.9 Å². The third-order valence-corrected chi connectivity index (χ3v) is 5.16. The van der Waals surface area contributed by atoms with Crippen molar-refractivity contribution >= 4 is 23.4 Å². The number of rotatable bonds is 6. The number of aromatic nitrogens is 2. The van der Waals surface area contributed by atoms with Crippen molar-refractivity contribution in [2.45, 2.75) is 44.7 Å². The fourth-order valence-electron chi connectivity index (χ4n) is 3.79. The summed E-state index contributed by atoms with van der Waals surface area (Å²) in [4.78, 5) is 33.7. The van der Waals surface area contributed by atoms with E-state index >= 15 is 0 Å². The number of primary amides is 1. The van der Waals surface area contributed by atoms with Crippen LogP contribution in [0.2, 0.25) is 0 Å². The van der Waals surface area contributed by atoms with E-state index < -0.39 is 11.5 Å². The molecule has 0 unspecified atom stereocenters. The largest absolute Gasteiger partial charge is 0.365 e. The first-order valence-electron chi connectivity index (χ1n) is 9.56. The van der Waals surface area contributed by atoms with Gasteiger partial charge in [-0.1, -0.05) is 25.0 Å². The molecule has 0 saturated heterocycles. The van der Waals surface area contributed by atoms with Crippen LogP contribution in [0.5, 0.6) is 0 Å². The second-order valence-electron chi connectivity index (χ2n) is 7.56. The summed E-state index contributed by atoms with van der Waals surface area (Å²) in [6, 6.07) is 8.11. The van der Waals surface area contributed by atoms with Crippen molar-refractivity contribution in [3.8, 4) is 0 Å². The Labute approximate surface area is 164 Å². The Kier molecular flexibility index (Phi) is 5.99. The molecule has 1 aliphatic carbocycles.